The summed E-state index contributed by atoms with van der Waals surface area (Å²) < 4.78 is 5.12. The standard InChI is InChI=1S/C20H19N3O8/c24-14-4-5-15(25)21(14)10-2-1-3-13(23-18(28)8-9-19(23)29)20(30)31-12-11-22-16(26)6-7-17(22)27/h4-9,13H,1-3,10-12H2. The molecule has 0 aromatic rings. The molecule has 0 N–H and O–H groups in total. The topological polar surface area (TPSA) is 138 Å². The fourth-order valence-corrected chi connectivity index (χ4v) is 3.32. The van der Waals surface area contributed by atoms with Crippen LogP contribution in [-0.2, 0) is 38.3 Å². The van der Waals surface area contributed by atoms with Gasteiger partial charge in [0.05, 0.1) is 6.54 Å². The molecule has 0 spiro atoms. The number of rotatable bonds is 10. The normalized spacial score (nSPS) is 18.9. The van der Waals surface area contributed by atoms with E-state index in [0.717, 1.165) is 39.0 Å². The van der Waals surface area contributed by atoms with Gasteiger partial charge in [-0.2, -0.15) is 0 Å². The molecular weight excluding hydrogens is 410 g/mol. The van der Waals surface area contributed by atoms with Gasteiger partial charge >= 0.3 is 5.97 Å². The minimum absolute atomic E-state index is 0.0603. The first kappa shape index (κ1) is 21.8. The van der Waals surface area contributed by atoms with Crippen molar-refractivity contribution in [2.45, 2.75) is 25.3 Å². The van der Waals surface area contributed by atoms with Crippen molar-refractivity contribution in [3.63, 3.8) is 0 Å². The van der Waals surface area contributed by atoms with E-state index in [0.29, 0.717) is 12.8 Å². The van der Waals surface area contributed by atoms with E-state index in [1.165, 1.54) is 12.2 Å². The third kappa shape index (κ3) is 4.82. The monoisotopic (exact) mass is 429 g/mol. The van der Waals surface area contributed by atoms with Crippen LogP contribution in [-0.4, -0.2) is 81.9 Å². The zero-order chi connectivity index (χ0) is 22.5. The first-order valence-corrected chi connectivity index (χ1v) is 9.58. The molecule has 0 aliphatic carbocycles. The lowest BCUT2D eigenvalue weighted by molar-refractivity contribution is -0.158. The number of esters is 1. The molecule has 0 radical (unpaired) electrons. The van der Waals surface area contributed by atoms with Gasteiger partial charge in [0.1, 0.15) is 12.6 Å². The number of amides is 6. The Labute approximate surface area is 176 Å². The molecule has 0 fully saturated rings. The van der Waals surface area contributed by atoms with E-state index in [4.69, 9.17) is 4.74 Å². The molecule has 3 aliphatic rings. The molecule has 3 aliphatic heterocycles. The van der Waals surface area contributed by atoms with E-state index in [9.17, 15) is 33.6 Å². The van der Waals surface area contributed by atoms with Crippen molar-refractivity contribution in [3.8, 4) is 0 Å². The van der Waals surface area contributed by atoms with Gasteiger partial charge in [0.15, 0.2) is 0 Å². The van der Waals surface area contributed by atoms with Crippen molar-refractivity contribution >= 4 is 41.4 Å². The number of ether oxygens (including phenoxy) is 1. The van der Waals surface area contributed by atoms with E-state index < -0.39 is 47.5 Å². The Bertz CT molecular complexity index is 894. The van der Waals surface area contributed by atoms with Crippen molar-refractivity contribution in [1.29, 1.82) is 0 Å². The highest BCUT2D eigenvalue weighted by Crippen LogP contribution is 2.17. The van der Waals surface area contributed by atoms with E-state index >= 15 is 0 Å². The molecule has 11 nitrogen and oxygen atoms in total. The maximum Gasteiger partial charge on any atom is 0.329 e. The lowest BCUT2D eigenvalue weighted by Gasteiger charge is -2.25. The SMILES string of the molecule is O=C(OCCN1C(=O)C=CC1=O)C(CCCCN1C(=O)C=CC1=O)N1C(=O)C=CC1=O. The number of unbranched alkanes of at least 4 members (excludes halogenated alkanes) is 1. The van der Waals surface area contributed by atoms with Crippen LogP contribution < -0.4 is 0 Å². The predicted molar refractivity (Wildman–Crippen MR) is 101 cm³/mol. The van der Waals surface area contributed by atoms with Crippen LogP contribution in [0.25, 0.3) is 0 Å². The third-order valence-corrected chi connectivity index (χ3v) is 4.90. The second kappa shape index (κ2) is 9.28. The summed E-state index contributed by atoms with van der Waals surface area (Å²) in [7, 11) is 0. The number of imide groups is 3. The third-order valence-electron chi connectivity index (χ3n) is 4.90. The van der Waals surface area contributed by atoms with Gasteiger partial charge in [-0.3, -0.25) is 43.5 Å². The van der Waals surface area contributed by atoms with Crippen molar-refractivity contribution in [3.05, 3.63) is 36.5 Å². The van der Waals surface area contributed by atoms with Crippen LogP contribution in [0.2, 0.25) is 0 Å². The lowest BCUT2D eigenvalue weighted by Crippen LogP contribution is -2.46. The van der Waals surface area contributed by atoms with Crippen molar-refractivity contribution < 1.29 is 38.3 Å². The molecule has 0 saturated heterocycles. The van der Waals surface area contributed by atoms with Crippen LogP contribution in [0.1, 0.15) is 19.3 Å². The smallest absolute Gasteiger partial charge is 0.329 e. The molecule has 0 bridgehead atoms. The van der Waals surface area contributed by atoms with Crippen molar-refractivity contribution in [2.24, 2.45) is 0 Å². The minimum atomic E-state index is -1.21. The Morgan fingerprint density at radius 1 is 0.677 bits per heavy atom. The first-order valence-electron chi connectivity index (χ1n) is 9.58. The quantitative estimate of drug-likeness (QED) is 0.241. The average Bonchev–Trinajstić information content (AvgIpc) is 3.35. The Balaban J connectivity index is 1.54. The maximum absolute atomic E-state index is 12.6. The molecule has 3 heterocycles. The second-order valence-corrected chi connectivity index (χ2v) is 6.88. The minimum Gasteiger partial charge on any atom is -0.462 e. The summed E-state index contributed by atoms with van der Waals surface area (Å²) in [5.74, 6) is -4.05. The van der Waals surface area contributed by atoms with Crippen LogP contribution >= 0.6 is 0 Å². The number of carbonyl (C=O) groups is 7. The van der Waals surface area contributed by atoms with Gasteiger partial charge in [-0.15, -0.1) is 0 Å². The van der Waals surface area contributed by atoms with Crippen LogP contribution in [0.3, 0.4) is 0 Å². The zero-order valence-corrected chi connectivity index (χ0v) is 16.4. The predicted octanol–water partition coefficient (Wildman–Crippen LogP) is -1.16. The number of carbonyl (C=O) groups excluding carboxylic acids is 7. The van der Waals surface area contributed by atoms with Gasteiger partial charge in [-0.1, -0.05) is 0 Å². The lowest BCUT2D eigenvalue weighted by atomic mass is 10.1. The number of hydrogen-bond donors (Lipinski definition) is 0. The Morgan fingerprint density at radius 2 is 1.13 bits per heavy atom. The molecule has 1 atom stereocenters. The van der Waals surface area contributed by atoms with Crippen LogP contribution in [0.4, 0.5) is 0 Å². The van der Waals surface area contributed by atoms with Gasteiger partial charge in [0, 0.05) is 43.0 Å². The summed E-state index contributed by atoms with van der Waals surface area (Å²) in [6.45, 7) is -0.311. The number of hydrogen-bond acceptors (Lipinski definition) is 8. The largest absolute Gasteiger partial charge is 0.462 e. The highest BCUT2D eigenvalue weighted by molar-refractivity contribution is 6.15. The fourth-order valence-electron chi connectivity index (χ4n) is 3.32. The van der Waals surface area contributed by atoms with Gasteiger partial charge in [0.25, 0.3) is 35.4 Å². The molecule has 0 aromatic heterocycles. The van der Waals surface area contributed by atoms with Crippen LogP contribution in [0.15, 0.2) is 36.5 Å². The molecule has 31 heavy (non-hydrogen) atoms. The molecule has 11 heteroatoms. The van der Waals surface area contributed by atoms with Gasteiger partial charge in [0.2, 0.25) is 0 Å². The number of nitrogens with zero attached hydrogens (tertiary/aromatic N) is 3. The Kier molecular flexibility index (Phi) is 6.53. The van der Waals surface area contributed by atoms with Crippen molar-refractivity contribution in [2.75, 3.05) is 19.7 Å². The Morgan fingerprint density at radius 3 is 1.65 bits per heavy atom. The summed E-state index contributed by atoms with van der Waals surface area (Å²) in [6, 6.07) is -1.21. The fraction of sp³-hybridized carbons (Fsp3) is 0.350. The second-order valence-electron chi connectivity index (χ2n) is 6.88. The highest BCUT2D eigenvalue weighted by atomic mass is 16.5. The summed E-state index contributed by atoms with van der Waals surface area (Å²) in [4.78, 5) is 85.6. The summed E-state index contributed by atoms with van der Waals surface area (Å²) >= 11 is 0. The van der Waals surface area contributed by atoms with Gasteiger partial charge in [-0.25, -0.2) is 4.79 Å². The molecule has 0 aromatic carbocycles. The van der Waals surface area contributed by atoms with E-state index in [-0.39, 0.29) is 26.1 Å². The van der Waals surface area contributed by atoms with Crippen LogP contribution in [0.5, 0.6) is 0 Å². The van der Waals surface area contributed by atoms with Gasteiger partial charge < -0.3 is 4.74 Å². The zero-order valence-electron chi connectivity index (χ0n) is 16.4. The molecular formula is C20H19N3O8. The van der Waals surface area contributed by atoms with E-state index in [2.05, 4.69) is 0 Å². The molecule has 1 unspecified atom stereocenters. The molecule has 6 amide bonds. The highest BCUT2D eigenvalue weighted by Gasteiger charge is 2.37. The summed E-state index contributed by atoms with van der Waals surface area (Å²) in [6.07, 6.45) is 7.37. The van der Waals surface area contributed by atoms with E-state index in [1.807, 2.05) is 0 Å². The average molecular weight is 429 g/mol. The van der Waals surface area contributed by atoms with E-state index in [1.54, 1.807) is 0 Å². The van der Waals surface area contributed by atoms with Crippen molar-refractivity contribution in [1.82, 2.24) is 14.7 Å². The molecule has 0 saturated carbocycles. The van der Waals surface area contributed by atoms with Crippen LogP contribution in [0, 0.1) is 0 Å². The van der Waals surface area contributed by atoms with Gasteiger partial charge in [-0.05, 0) is 19.3 Å². The first-order chi connectivity index (χ1) is 14.8. The summed E-state index contributed by atoms with van der Waals surface area (Å²) in [5, 5.41) is 0. The molecule has 162 valence electrons. The summed E-state index contributed by atoms with van der Waals surface area (Å²) in [5.41, 5.74) is 0. The maximum atomic E-state index is 12.6. The Hall–Kier alpha value is -3.89. The molecule has 3 rings (SSSR count).